The van der Waals surface area contributed by atoms with E-state index in [2.05, 4.69) is 18.5 Å². The molecule has 0 spiro atoms. The van der Waals surface area contributed by atoms with E-state index in [1.807, 2.05) is 30.3 Å². The molecule has 0 aromatic heterocycles. The molecule has 2 rings (SSSR count). The van der Waals surface area contributed by atoms with Crippen LogP contribution in [0, 0.1) is 11.8 Å². The summed E-state index contributed by atoms with van der Waals surface area (Å²) in [7, 11) is 0. The molecule has 1 saturated heterocycles. The van der Waals surface area contributed by atoms with Crippen LogP contribution in [0.25, 0.3) is 0 Å². The summed E-state index contributed by atoms with van der Waals surface area (Å²) in [6.45, 7) is 8.18. The Balaban J connectivity index is 1.79. The third kappa shape index (κ3) is 8.50. The summed E-state index contributed by atoms with van der Waals surface area (Å²) in [5.41, 5.74) is 1.05. The number of benzene rings is 1. The SMILES string of the molecule is C=CC[C@@H](CC(=O)N1CCC[C@H]1CO)C(=O)NCCOC(=O)[C@H](CC=C)Cc1ccccc1. The number of amides is 2. The van der Waals surface area contributed by atoms with Gasteiger partial charge in [-0.1, -0.05) is 42.5 Å². The topological polar surface area (TPSA) is 95.9 Å². The molecular weight excluding hydrogens is 420 g/mol. The minimum Gasteiger partial charge on any atom is -0.464 e. The quantitative estimate of drug-likeness (QED) is 0.255. The van der Waals surface area contributed by atoms with Crippen LogP contribution in [0.1, 0.15) is 37.7 Å². The van der Waals surface area contributed by atoms with Crippen LogP contribution in [-0.4, -0.2) is 60.1 Å². The largest absolute Gasteiger partial charge is 0.464 e. The molecule has 1 fully saturated rings. The van der Waals surface area contributed by atoms with E-state index in [0.29, 0.717) is 25.8 Å². The van der Waals surface area contributed by atoms with Gasteiger partial charge in [-0.3, -0.25) is 14.4 Å². The number of likely N-dealkylation sites (tertiary alicyclic amines) is 1. The van der Waals surface area contributed by atoms with Crippen molar-refractivity contribution in [1.82, 2.24) is 10.2 Å². The number of allylic oxidation sites excluding steroid dienone is 2. The Labute approximate surface area is 196 Å². The molecule has 0 bridgehead atoms. The molecule has 1 aliphatic rings. The van der Waals surface area contributed by atoms with Gasteiger partial charge in [0.1, 0.15) is 6.61 Å². The fourth-order valence-corrected chi connectivity index (χ4v) is 4.12. The van der Waals surface area contributed by atoms with E-state index in [-0.39, 0.29) is 55.9 Å². The van der Waals surface area contributed by atoms with Gasteiger partial charge in [-0.05, 0) is 37.7 Å². The molecule has 7 nitrogen and oxygen atoms in total. The highest BCUT2D eigenvalue weighted by Crippen LogP contribution is 2.21. The molecule has 180 valence electrons. The first-order chi connectivity index (χ1) is 16.0. The monoisotopic (exact) mass is 456 g/mol. The zero-order chi connectivity index (χ0) is 24.1. The van der Waals surface area contributed by atoms with E-state index in [1.165, 1.54) is 0 Å². The van der Waals surface area contributed by atoms with Crippen molar-refractivity contribution >= 4 is 17.8 Å². The lowest BCUT2D eigenvalue weighted by Gasteiger charge is -2.25. The maximum absolute atomic E-state index is 12.6. The first-order valence-electron chi connectivity index (χ1n) is 11.6. The van der Waals surface area contributed by atoms with Crippen molar-refractivity contribution in [3.05, 3.63) is 61.2 Å². The van der Waals surface area contributed by atoms with Gasteiger partial charge in [0.15, 0.2) is 0 Å². The zero-order valence-electron chi connectivity index (χ0n) is 19.3. The van der Waals surface area contributed by atoms with E-state index in [0.717, 1.165) is 18.4 Å². The van der Waals surface area contributed by atoms with Gasteiger partial charge in [-0.2, -0.15) is 0 Å². The lowest BCUT2D eigenvalue weighted by molar-refractivity contribution is -0.148. The van der Waals surface area contributed by atoms with Crippen LogP contribution in [0.2, 0.25) is 0 Å². The predicted molar refractivity (Wildman–Crippen MR) is 127 cm³/mol. The van der Waals surface area contributed by atoms with Crippen molar-refractivity contribution in [3.63, 3.8) is 0 Å². The van der Waals surface area contributed by atoms with Crippen molar-refractivity contribution < 1.29 is 24.2 Å². The van der Waals surface area contributed by atoms with Crippen molar-refractivity contribution in [2.24, 2.45) is 11.8 Å². The number of rotatable bonds is 14. The second-order valence-electron chi connectivity index (χ2n) is 8.36. The predicted octanol–water partition coefficient (Wildman–Crippen LogP) is 2.65. The molecule has 1 aromatic carbocycles. The fraction of sp³-hybridized carbons (Fsp3) is 0.500. The Morgan fingerprint density at radius 2 is 1.85 bits per heavy atom. The summed E-state index contributed by atoms with van der Waals surface area (Å²) < 4.78 is 5.39. The number of nitrogens with one attached hydrogen (secondary N) is 1. The highest BCUT2D eigenvalue weighted by molar-refractivity contribution is 5.86. The molecule has 0 saturated carbocycles. The van der Waals surface area contributed by atoms with Crippen molar-refractivity contribution in [3.8, 4) is 0 Å². The van der Waals surface area contributed by atoms with E-state index in [9.17, 15) is 19.5 Å². The Bertz CT molecular complexity index is 795. The molecule has 1 heterocycles. The number of ether oxygens (including phenoxy) is 1. The van der Waals surface area contributed by atoms with Crippen LogP contribution in [0.4, 0.5) is 0 Å². The molecular formula is C26H36N2O5. The van der Waals surface area contributed by atoms with Gasteiger partial charge in [-0.15, -0.1) is 13.2 Å². The van der Waals surface area contributed by atoms with Crippen molar-refractivity contribution in [2.45, 2.75) is 44.6 Å². The minimum absolute atomic E-state index is 0.0560. The lowest BCUT2D eigenvalue weighted by atomic mass is 9.96. The smallest absolute Gasteiger partial charge is 0.309 e. The zero-order valence-corrected chi connectivity index (χ0v) is 19.3. The van der Waals surface area contributed by atoms with Crippen LogP contribution < -0.4 is 5.32 Å². The normalized spacial score (nSPS) is 17.1. The fourth-order valence-electron chi connectivity index (χ4n) is 4.12. The summed E-state index contributed by atoms with van der Waals surface area (Å²) in [5.74, 6) is -1.60. The first kappa shape index (κ1) is 26.3. The highest BCUT2D eigenvalue weighted by atomic mass is 16.5. The third-order valence-corrected chi connectivity index (χ3v) is 5.91. The molecule has 7 heteroatoms. The molecule has 0 radical (unpaired) electrons. The maximum Gasteiger partial charge on any atom is 0.309 e. The van der Waals surface area contributed by atoms with E-state index < -0.39 is 5.92 Å². The third-order valence-electron chi connectivity index (χ3n) is 5.91. The van der Waals surface area contributed by atoms with Crippen LogP contribution in [0.5, 0.6) is 0 Å². The van der Waals surface area contributed by atoms with Gasteiger partial charge in [0.2, 0.25) is 11.8 Å². The second kappa shape index (κ2) is 14.3. The number of carbonyl (C=O) groups is 3. The van der Waals surface area contributed by atoms with Crippen LogP contribution in [0.15, 0.2) is 55.6 Å². The average Bonchev–Trinajstić information content (AvgIpc) is 3.31. The van der Waals surface area contributed by atoms with Crippen LogP contribution in [0.3, 0.4) is 0 Å². The Morgan fingerprint density at radius 3 is 2.52 bits per heavy atom. The molecule has 33 heavy (non-hydrogen) atoms. The summed E-state index contributed by atoms with van der Waals surface area (Å²) in [4.78, 5) is 39.4. The molecule has 2 amide bonds. The number of aliphatic hydroxyl groups excluding tert-OH is 1. The molecule has 0 unspecified atom stereocenters. The van der Waals surface area contributed by atoms with Crippen LogP contribution >= 0.6 is 0 Å². The first-order valence-corrected chi connectivity index (χ1v) is 11.6. The van der Waals surface area contributed by atoms with Crippen molar-refractivity contribution in [2.75, 3.05) is 26.3 Å². The van der Waals surface area contributed by atoms with Gasteiger partial charge in [-0.25, -0.2) is 0 Å². The standard InChI is InChI=1S/C26H36N2O5/c1-3-9-21(18-24(30)28-15-8-13-23(28)19-29)25(31)27-14-16-33-26(32)22(10-4-2)17-20-11-6-5-7-12-20/h3-7,11-12,21-23,29H,1-2,8-10,13-19H2,(H,27,31)/t21-,22+,23-/m0/s1. The van der Waals surface area contributed by atoms with Gasteiger partial charge >= 0.3 is 5.97 Å². The molecule has 1 aliphatic heterocycles. The van der Waals surface area contributed by atoms with E-state index >= 15 is 0 Å². The number of carbonyl (C=O) groups excluding carboxylic acids is 3. The summed E-state index contributed by atoms with van der Waals surface area (Å²) in [6, 6.07) is 9.56. The number of aliphatic hydroxyl groups is 1. The Hall–Kier alpha value is -2.93. The van der Waals surface area contributed by atoms with E-state index in [4.69, 9.17) is 4.74 Å². The van der Waals surface area contributed by atoms with Crippen LogP contribution in [-0.2, 0) is 25.5 Å². The van der Waals surface area contributed by atoms with E-state index in [1.54, 1.807) is 17.1 Å². The van der Waals surface area contributed by atoms with Gasteiger partial charge in [0.05, 0.1) is 31.0 Å². The number of hydrogen-bond acceptors (Lipinski definition) is 5. The number of nitrogens with zero attached hydrogens (tertiary/aromatic N) is 1. The van der Waals surface area contributed by atoms with Gasteiger partial charge in [0.25, 0.3) is 0 Å². The lowest BCUT2D eigenvalue weighted by Crippen LogP contribution is -2.41. The van der Waals surface area contributed by atoms with Crippen molar-refractivity contribution in [1.29, 1.82) is 0 Å². The minimum atomic E-state index is -0.544. The number of hydrogen-bond donors (Lipinski definition) is 2. The molecule has 1 aromatic rings. The summed E-state index contributed by atoms with van der Waals surface area (Å²) in [5, 5.41) is 12.2. The summed E-state index contributed by atoms with van der Waals surface area (Å²) >= 11 is 0. The molecule has 0 aliphatic carbocycles. The Kier molecular flexibility index (Phi) is 11.4. The second-order valence-corrected chi connectivity index (χ2v) is 8.36. The average molecular weight is 457 g/mol. The maximum atomic E-state index is 12.6. The van der Waals surface area contributed by atoms with Gasteiger partial charge in [0, 0.05) is 13.0 Å². The summed E-state index contributed by atoms with van der Waals surface area (Å²) in [6.07, 6.45) is 6.46. The Morgan fingerprint density at radius 1 is 1.15 bits per heavy atom. The highest BCUT2D eigenvalue weighted by Gasteiger charge is 2.31. The molecule has 2 N–H and O–H groups in total. The van der Waals surface area contributed by atoms with Gasteiger partial charge < -0.3 is 20.1 Å². The number of esters is 1. The molecule has 3 atom stereocenters.